The molecule has 0 radical (unpaired) electrons. The van der Waals surface area contributed by atoms with E-state index in [0.29, 0.717) is 10.7 Å². The van der Waals surface area contributed by atoms with Crippen LogP contribution in [0.25, 0.3) is 0 Å². The lowest BCUT2D eigenvalue weighted by Gasteiger charge is -2.35. The quantitative estimate of drug-likeness (QED) is 0.787. The second kappa shape index (κ2) is 8.27. The molecule has 0 unspecified atom stereocenters. The number of hydrogen-bond acceptors (Lipinski definition) is 5. The number of ether oxygens (including phenoxy) is 1. The van der Waals surface area contributed by atoms with Gasteiger partial charge >= 0.3 is 12.0 Å². The molecular formula is C18H22FN3O3S. The third kappa shape index (κ3) is 5.26. The van der Waals surface area contributed by atoms with Crippen LogP contribution in [0.2, 0.25) is 0 Å². The highest BCUT2D eigenvalue weighted by Gasteiger charge is 2.28. The number of anilines is 1. The maximum atomic E-state index is 13.3. The standard InChI is InChI=1S/C18H22FN3O3S/c1-5-25-16(23)14-11-26-15(21-14)10-22(18(2,3)4)17(24)20-13-8-6-7-12(19)9-13/h6-9,11H,5,10H2,1-4H3,(H,20,24). The summed E-state index contributed by atoms with van der Waals surface area (Å²) >= 11 is 1.28. The SMILES string of the molecule is CCOC(=O)c1csc(CN(C(=O)Nc2cccc(F)c2)C(C)(C)C)n1. The van der Waals surface area contributed by atoms with Gasteiger partial charge in [-0.25, -0.2) is 19.0 Å². The van der Waals surface area contributed by atoms with Crippen LogP contribution in [0.1, 0.15) is 43.2 Å². The van der Waals surface area contributed by atoms with E-state index in [1.807, 2.05) is 20.8 Å². The molecule has 0 aliphatic heterocycles. The molecule has 2 aromatic rings. The summed E-state index contributed by atoms with van der Waals surface area (Å²) in [5.41, 5.74) is 0.0922. The molecule has 0 bridgehead atoms. The molecule has 6 nitrogen and oxygen atoms in total. The summed E-state index contributed by atoms with van der Waals surface area (Å²) in [4.78, 5) is 30.3. The van der Waals surface area contributed by atoms with E-state index in [9.17, 15) is 14.0 Å². The Bertz CT molecular complexity index is 786. The van der Waals surface area contributed by atoms with Gasteiger partial charge in [0.15, 0.2) is 5.69 Å². The molecular weight excluding hydrogens is 357 g/mol. The average molecular weight is 379 g/mol. The van der Waals surface area contributed by atoms with Crippen LogP contribution >= 0.6 is 11.3 Å². The monoisotopic (exact) mass is 379 g/mol. The number of benzene rings is 1. The van der Waals surface area contributed by atoms with Crippen molar-refractivity contribution in [1.29, 1.82) is 0 Å². The first-order chi connectivity index (χ1) is 12.2. The molecule has 2 amide bonds. The maximum Gasteiger partial charge on any atom is 0.357 e. The van der Waals surface area contributed by atoms with Crippen LogP contribution in [-0.4, -0.2) is 34.0 Å². The van der Waals surface area contributed by atoms with Crippen molar-refractivity contribution in [1.82, 2.24) is 9.88 Å². The predicted octanol–water partition coefficient (Wildman–Crippen LogP) is 4.29. The van der Waals surface area contributed by atoms with E-state index in [-0.39, 0.29) is 24.9 Å². The molecule has 0 saturated carbocycles. The Morgan fingerprint density at radius 3 is 2.69 bits per heavy atom. The molecule has 26 heavy (non-hydrogen) atoms. The van der Waals surface area contributed by atoms with Crippen LogP contribution in [0.5, 0.6) is 0 Å². The van der Waals surface area contributed by atoms with Gasteiger partial charge in [0.2, 0.25) is 0 Å². The van der Waals surface area contributed by atoms with Gasteiger partial charge in [-0.3, -0.25) is 0 Å². The van der Waals surface area contributed by atoms with Gasteiger partial charge < -0.3 is 15.0 Å². The molecule has 0 fully saturated rings. The molecule has 0 spiro atoms. The molecule has 1 N–H and O–H groups in total. The van der Waals surface area contributed by atoms with Gasteiger partial charge in [-0.05, 0) is 45.9 Å². The highest BCUT2D eigenvalue weighted by Crippen LogP contribution is 2.22. The number of nitrogens with zero attached hydrogens (tertiary/aromatic N) is 2. The van der Waals surface area contributed by atoms with E-state index in [2.05, 4.69) is 10.3 Å². The van der Waals surface area contributed by atoms with Crippen LogP contribution in [0.3, 0.4) is 0 Å². The molecule has 1 heterocycles. The summed E-state index contributed by atoms with van der Waals surface area (Å²) < 4.78 is 18.3. The Kier molecular flexibility index (Phi) is 6.31. The normalized spacial score (nSPS) is 11.1. The molecule has 8 heteroatoms. The number of carbonyl (C=O) groups excluding carboxylic acids is 2. The fourth-order valence-corrected chi connectivity index (χ4v) is 2.94. The first-order valence-corrected chi connectivity index (χ1v) is 9.04. The smallest absolute Gasteiger partial charge is 0.357 e. The topological polar surface area (TPSA) is 71.5 Å². The average Bonchev–Trinajstić information content (AvgIpc) is 3.00. The van der Waals surface area contributed by atoms with Crippen molar-refractivity contribution in [3.63, 3.8) is 0 Å². The summed E-state index contributed by atoms with van der Waals surface area (Å²) in [6.07, 6.45) is 0. The first-order valence-electron chi connectivity index (χ1n) is 8.16. The van der Waals surface area contributed by atoms with Gasteiger partial charge in [-0.15, -0.1) is 11.3 Å². The van der Waals surface area contributed by atoms with Gasteiger partial charge in [0.1, 0.15) is 10.8 Å². The second-order valence-corrected chi connectivity index (χ2v) is 7.49. The van der Waals surface area contributed by atoms with Gasteiger partial charge in [-0.1, -0.05) is 6.07 Å². The van der Waals surface area contributed by atoms with E-state index < -0.39 is 17.3 Å². The fourth-order valence-electron chi connectivity index (χ4n) is 2.19. The number of esters is 1. The number of nitrogens with one attached hydrogen (secondary N) is 1. The van der Waals surface area contributed by atoms with Crippen LogP contribution in [-0.2, 0) is 11.3 Å². The van der Waals surface area contributed by atoms with Crippen molar-refractivity contribution in [2.45, 2.75) is 39.8 Å². The van der Waals surface area contributed by atoms with E-state index >= 15 is 0 Å². The van der Waals surface area contributed by atoms with Crippen molar-refractivity contribution in [2.24, 2.45) is 0 Å². The Labute approximate surface area is 156 Å². The third-order valence-corrected chi connectivity index (χ3v) is 4.29. The van der Waals surface area contributed by atoms with Crippen LogP contribution < -0.4 is 5.32 Å². The largest absolute Gasteiger partial charge is 0.461 e. The van der Waals surface area contributed by atoms with Crippen molar-refractivity contribution in [2.75, 3.05) is 11.9 Å². The summed E-state index contributed by atoms with van der Waals surface area (Å²) in [5.74, 6) is -0.911. The zero-order valence-corrected chi connectivity index (χ0v) is 16.0. The number of thiazole rings is 1. The lowest BCUT2D eigenvalue weighted by atomic mass is 10.1. The molecule has 0 aliphatic rings. The van der Waals surface area contributed by atoms with Crippen molar-refractivity contribution >= 4 is 29.0 Å². The van der Waals surface area contributed by atoms with Crippen LogP contribution in [0, 0.1) is 5.82 Å². The second-order valence-electron chi connectivity index (χ2n) is 6.54. The molecule has 1 aromatic carbocycles. The number of urea groups is 1. The minimum atomic E-state index is -0.507. The number of rotatable bonds is 5. The van der Waals surface area contributed by atoms with Crippen molar-refractivity contribution < 1.29 is 18.7 Å². The van der Waals surface area contributed by atoms with Crippen molar-refractivity contribution in [3.05, 3.63) is 46.2 Å². The summed E-state index contributed by atoms with van der Waals surface area (Å²) in [7, 11) is 0. The molecule has 2 rings (SSSR count). The van der Waals surface area contributed by atoms with Gasteiger partial charge in [-0.2, -0.15) is 0 Å². The summed E-state index contributed by atoms with van der Waals surface area (Å²) in [5, 5.41) is 4.91. The lowest BCUT2D eigenvalue weighted by molar-refractivity contribution is 0.0520. The summed E-state index contributed by atoms with van der Waals surface area (Å²) in [6, 6.07) is 5.32. The number of amides is 2. The zero-order valence-electron chi connectivity index (χ0n) is 15.2. The Balaban J connectivity index is 2.15. The zero-order chi connectivity index (χ0) is 19.3. The Morgan fingerprint density at radius 2 is 2.08 bits per heavy atom. The van der Waals surface area contributed by atoms with E-state index in [0.717, 1.165) is 0 Å². The Morgan fingerprint density at radius 1 is 1.35 bits per heavy atom. The molecule has 0 atom stereocenters. The number of carbonyl (C=O) groups is 2. The Hall–Kier alpha value is -2.48. The minimum Gasteiger partial charge on any atom is -0.461 e. The minimum absolute atomic E-state index is 0.217. The van der Waals surface area contributed by atoms with E-state index in [4.69, 9.17) is 4.74 Å². The van der Waals surface area contributed by atoms with Gasteiger partial charge in [0.05, 0.1) is 13.2 Å². The third-order valence-electron chi connectivity index (χ3n) is 3.46. The molecule has 0 aliphatic carbocycles. The van der Waals surface area contributed by atoms with E-state index in [1.165, 1.54) is 29.5 Å². The van der Waals surface area contributed by atoms with Gasteiger partial charge in [0.25, 0.3) is 0 Å². The fraction of sp³-hybridized carbons (Fsp3) is 0.389. The molecule has 1 aromatic heterocycles. The highest BCUT2D eigenvalue weighted by atomic mass is 32.1. The number of aromatic nitrogens is 1. The van der Waals surface area contributed by atoms with Crippen LogP contribution in [0.4, 0.5) is 14.9 Å². The highest BCUT2D eigenvalue weighted by molar-refractivity contribution is 7.09. The van der Waals surface area contributed by atoms with Gasteiger partial charge in [0, 0.05) is 16.6 Å². The number of hydrogen-bond donors (Lipinski definition) is 1. The molecule has 140 valence electrons. The maximum absolute atomic E-state index is 13.3. The lowest BCUT2D eigenvalue weighted by Crippen LogP contribution is -2.47. The summed E-state index contributed by atoms with van der Waals surface area (Å²) in [6.45, 7) is 7.88. The molecule has 0 saturated heterocycles. The van der Waals surface area contributed by atoms with Crippen molar-refractivity contribution in [3.8, 4) is 0 Å². The number of halogens is 1. The predicted molar refractivity (Wildman–Crippen MR) is 98.8 cm³/mol. The van der Waals surface area contributed by atoms with E-state index in [1.54, 1.807) is 23.3 Å². The van der Waals surface area contributed by atoms with Crippen LogP contribution in [0.15, 0.2) is 29.6 Å². The first kappa shape index (κ1) is 19.8.